The van der Waals surface area contributed by atoms with Crippen molar-refractivity contribution in [1.29, 1.82) is 0 Å². The molecule has 0 bridgehead atoms. The van der Waals surface area contributed by atoms with E-state index in [0.29, 0.717) is 6.04 Å². The molecule has 3 heteroatoms. The molecule has 0 aliphatic carbocycles. The molecule has 0 radical (unpaired) electrons. The molecular formula is C16H27N3. The second kappa shape index (κ2) is 8.05. The van der Waals surface area contributed by atoms with E-state index < -0.39 is 0 Å². The fourth-order valence-corrected chi connectivity index (χ4v) is 2.15. The highest BCUT2D eigenvalue weighted by molar-refractivity contribution is 5.26. The summed E-state index contributed by atoms with van der Waals surface area (Å²) in [6, 6.07) is 2.49. The molecule has 1 atom stereocenters. The normalized spacial score (nSPS) is 12.4. The van der Waals surface area contributed by atoms with Crippen LogP contribution in [0.5, 0.6) is 0 Å². The zero-order valence-corrected chi connectivity index (χ0v) is 12.8. The largest absolute Gasteiger partial charge is 0.310 e. The molecule has 1 heterocycles. The maximum Gasteiger partial charge on any atom is 0.0676 e. The molecule has 1 aromatic rings. The minimum atomic E-state index is 0.316. The third-order valence-electron chi connectivity index (χ3n) is 3.37. The van der Waals surface area contributed by atoms with Gasteiger partial charge in [0.1, 0.15) is 0 Å². The highest BCUT2D eigenvalue weighted by atomic mass is 15.1. The number of hydrogen-bond donors (Lipinski definition) is 1. The molecule has 0 saturated heterocycles. The monoisotopic (exact) mass is 261 g/mol. The first kappa shape index (κ1) is 15.8. The molecule has 106 valence electrons. The van der Waals surface area contributed by atoms with Crippen LogP contribution in [0.2, 0.25) is 0 Å². The van der Waals surface area contributed by atoms with Crippen LogP contribution in [0.4, 0.5) is 0 Å². The van der Waals surface area contributed by atoms with E-state index in [4.69, 9.17) is 0 Å². The molecule has 19 heavy (non-hydrogen) atoms. The third kappa shape index (κ3) is 4.75. The van der Waals surface area contributed by atoms with Gasteiger partial charge in [0.25, 0.3) is 0 Å². The maximum absolute atomic E-state index is 4.34. The quantitative estimate of drug-likeness (QED) is 0.724. The summed E-state index contributed by atoms with van der Waals surface area (Å²) in [7, 11) is 0. The summed E-state index contributed by atoms with van der Waals surface area (Å²) in [5.74, 6) is 0. The molecule has 3 nitrogen and oxygen atoms in total. The van der Waals surface area contributed by atoms with E-state index in [2.05, 4.69) is 48.9 Å². The van der Waals surface area contributed by atoms with Gasteiger partial charge in [-0.05, 0) is 50.8 Å². The van der Waals surface area contributed by atoms with Crippen LogP contribution in [0.1, 0.15) is 63.0 Å². The molecule has 1 aromatic heterocycles. The molecule has 0 saturated carbocycles. The van der Waals surface area contributed by atoms with Gasteiger partial charge in [0, 0.05) is 6.04 Å². The Balaban J connectivity index is 3.00. The lowest BCUT2D eigenvalue weighted by atomic mass is 9.96. The molecule has 0 aromatic carbocycles. The first-order valence-electron chi connectivity index (χ1n) is 7.35. The third-order valence-corrected chi connectivity index (χ3v) is 3.37. The van der Waals surface area contributed by atoms with E-state index in [0.717, 1.165) is 43.6 Å². The number of rotatable bonds is 8. The van der Waals surface area contributed by atoms with Gasteiger partial charge in [0.15, 0.2) is 0 Å². The van der Waals surface area contributed by atoms with Gasteiger partial charge in [0.05, 0.1) is 11.4 Å². The van der Waals surface area contributed by atoms with E-state index in [-0.39, 0.29) is 0 Å². The first-order valence-corrected chi connectivity index (χ1v) is 7.35. The van der Waals surface area contributed by atoms with Gasteiger partial charge < -0.3 is 5.32 Å². The van der Waals surface area contributed by atoms with Gasteiger partial charge >= 0.3 is 0 Å². The van der Waals surface area contributed by atoms with Crippen LogP contribution >= 0.6 is 0 Å². The Morgan fingerprint density at radius 3 is 2.63 bits per heavy atom. The van der Waals surface area contributed by atoms with Crippen molar-refractivity contribution in [3.8, 4) is 0 Å². The van der Waals surface area contributed by atoms with Crippen LogP contribution in [0, 0.1) is 6.92 Å². The number of aryl methyl sites for hydroxylation is 2. The van der Waals surface area contributed by atoms with E-state index in [1.165, 1.54) is 11.1 Å². The molecular weight excluding hydrogens is 234 g/mol. The minimum absolute atomic E-state index is 0.316. The highest BCUT2D eigenvalue weighted by Crippen LogP contribution is 2.24. The Morgan fingerprint density at radius 2 is 2.05 bits per heavy atom. The smallest absolute Gasteiger partial charge is 0.0676 e. The average molecular weight is 261 g/mol. The molecule has 1 N–H and O–H groups in total. The molecule has 0 aliphatic heterocycles. The Kier molecular flexibility index (Phi) is 6.71. The Morgan fingerprint density at radius 1 is 1.32 bits per heavy atom. The zero-order valence-electron chi connectivity index (χ0n) is 12.8. The number of nitrogens with one attached hydrogen (secondary N) is 1. The van der Waals surface area contributed by atoms with Gasteiger partial charge in [-0.15, -0.1) is 0 Å². The zero-order chi connectivity index (χ0) is 14.3. The highest BCUT2D eigenvalue weighted by Gasteiger charge is 2.16. The molecule has 0 spiro atoms. The summed E-state index contributed by atoms with van der Waals surface area (Å²) in [6.45, 7) is 13.7. The van der Waals surface area contributed by atoms with Gasteiger partial charge in [-0.25, -0.2) is 0 Å². The van der Waals surface area contributed by atoms with Crippen molar-refractivity contribution in [2.24, 2.45) is 0 Å². The lowest BCUT2D eigenvalue weighted by Gasteiger charge is -2.22. The predicted octanol–water partition coefficient (Wildman–Crippen LogP) is 3.74. The molecule has 0 aliphatic rings. The van der Waals surface area contributed by atoms with E-state index in [1.54, 1.807) is 0 Å². The van der Waals surface area contributed by atoms with Gasteiger partial charge in [-0.3, -0.25) is 0 Å². The van der Waals surface area contributed by atoms with E-state index >= 15 is 0 Å². The van der Waals surface area contributed by atoms with Crippen LogP contribution in [0.3, 0.4) is 0 Å². The topological polar surface area (TPSA) is 37.8 Å². The van der Waals surface area contributed by atoms with Crippen LogP contribution in [-0.2, 0) is 6.42 Å². The van der Waals surface area contributed by atoms with Crippen molar-refractivity contribution < 1.29 is 0 Å². The summed E-state index contributed by atoms with van der Waals surface area (Å²) >= 11 is 0. The summed E-state index contributed by atoms with van der Waals surface area (Å²) in [5.41, 5.74) is 4.66. The van der Waals surface area contributed by atoms with Crippen molar-refractivity contribution in [3.63, 3.8) is 0 Å². The van der Waals surface area contributed by atoms with Crippen molar-refractivity contribution in [2.75, 3.05) is 6.54 Å². The Labute approximate surface area is 117 Å². The average Bonchev–Trinajstić information content (AvgIpc) is 2.43. The van der Waals surface area contributed by atoms with Gasteiger partial charge in [-0.2, -0.15) is 10.2 Å². The van der Waals surface area contributed by atoms with Crippen LogP contribution in [-0.4, -0.2) is 16.7 Å². The molecule has 1 unspecified atom stereocenters. The number of aromatic nitrogens is 2. The summed E-state index contributed by atoms with van der Waals surface area (Å²) in [5, 5.41) is 12.1. The van der Waals surface area contributed by atoms with Crippen molar-refractivity contribution in [1.82, 2.24) is 15.5 Å². The molecule has 0 amide bonds. The lowest BCUT2D eigenvalue weighted by molar-refractivity contribution is 0.515. The second-order valence-electron chi connectivity index (χ2n) is 5.06. The SMILES string of the molecule is C=C(CC)CC(NCCC)c1cc(C)nnc1CC. The summed E-state index contributed by atoms with van der Waals surface area (Å²) in [6.07, 6.45) is 4.07. The molecule has 0 fully saturated rings. The van der Waals surface area contributed by atoms with Gasteiger partial charge in [0.2, 0.25) is 0 Å². The van der Waals surface area contributed by atoms with Crippen LogP contribution in [0.25, 0.3) is 0 Å². The first-order chi connectivity index (χ1) is 9.12. The maximum atomic E-state index is 4.34. The minimum Gasteiger partial charge on any atom is -0.310 e. The van der Waals surface area contributed by atoms with E-state index in [1.807, 2.05) is 6.92 Å². The fourth-order valence-electron chi connectivity index (χ4n) is 2.15. The second-order valence-corrected chi connectivity index (χ2v) is 5.06. The fraction of sp³-hybridized carbons (Fsp3) is 0.625. The number of hydrogen-bond acceptors (Lipinski definition) is 3. The molecule has 1 rings (SSSR count). The Bertz CT molecular complexity index is 412. The van der Waals surface area contributed by atoms with Crippen molar-refractivity contribution in [2.45, 2.75) is 59.4 Å². The summed E-state index contributed by atoms with van der Waals surface area (Å²) in [4.78, 5) is 0. The van der Waals surface area contributed by atoms with Crippen LogP contribution < -0.4 is 5.32 Å². The van der Waals surface area contributed by atoms with E-state index in [9.17, 15) is 0 Å². The Hall–Kier alpha value is -1.22. The standard InChI is InChI=1S/C16H27N3/c1-6-9-17-16(10-12(4)7-2)14-11-13(5)18-19-15(14)8-3/h11,16-17H,4,6-10H2,1-3,5H3. The van der Waals surface area contributed by atoms with Crippen molar-refractivity contribution in [3.05, 3.63) is 35.2 Å². The summed E-state index contributed by atoms with van der Waals surface area (Å²) < 4.78 is 0. The predicted molar refractivity (Wildman–Crippen MR) is 81.2 cm³/mol. The number of nitrogens with zero attached hydrogens (tertiary/aromatic N) is 2. The van der Waals surface area contributed by atoms with Crippen LogP contribution in [0.15, 0.2) is 18.2 Å². The van der Waals surface area contributed by atoms with Crippen molar-refractivity contribution >= 4 is 0 Å². The lowest BCUT2D eigenvalue weighted by Crippen LogP contribution is -2.24. The van der Waals surface area contributed by atoms with Gasteiger partial charge in [-0.1, -0.05) is 32.9 Å².